The van der Waals surface area contributed by atoms with Gasteiger partial charge in [0, 0.05) is 26.9 Å². The van der Waals surface area contributed by atoms with E-state index in [9.17, 15) is 39.3 Å². The summed E-state index contributed by atoms with van der Waals surface area (Å²) in [5.41, 5.74) is -10.4. The van der Waals surface area contributed by atoms with Gasteiger partial charge in [0.1, 0.15) is 47.8 Å². The number of esters is 4. The average molecular weight is 864 g/mol. The van der Waals surface area contributed by atoms with E-state index in [1.165, 1.54) is 40.0 Å². The Bertz CT molecular complexity index is 2190. The molecule has 12 atom stereocenters. The average Bonchev–Trinajstić information content (AvgIpc) is 3.21. The second kappa shape index (κ2) is 15.6. The molecule has 0 spiro atoms. The number of alkyl carbamates (subject to hydrolysis) is 1. The molecule has 0 radical (unpaired) electrons. The van der Waals surface area contributed by atoms with Gasteiger partial charge in [-0.2, -0.15) is 0 Å². The summed E-state index contributed by atoms with van der Waals surface area (Å²) in [6, 6.07) is 14.5. The number of carbonyl (C=O) groups is 6. The lowest BCUT2D eigenvalue weighted by Crippen LogP contribution is -2.90. The molecule has 1 unspecified atom stereocenters. The largest absolute Gasteiger partial charge is 0.459 e. The highest BCUT2D eigenvalue weighted by molar-refractivity contribution is 5.96. The van der Waals surface area contributed by atoms with Crippen molar-refractivity contribution in [2.45, 2.75) is 120 Å². The van der Waals surface area contributed by atoms with Gasteiger partial charge in [0.15, 0.2) is 17.5 Å². The highest BCUT2D eigenvalue weighted by atomic mass is 16.6. The highest BCUT2D eigenvalue weighted by Crippen LogP contribution is 2.78. The SMILES string of the molecule is COCC(=O)O[C@H]1C[C@H]2OC[C@@]2(OC(C)=O)C2[C@H](OC(=O)c3ccccc3)[C@]3(O)C[C@@]4(OC(=O)[C@H](O)[C@@H](NC(=O)OC(C)(C)C)c5ccccc5)C(C)=C([C@@H](O)C(=O)[C@@]21C)[C@]34C. The Kier molecular flexibility index (Phi) is 11.2. The van der Waals surface area contributed by atoms with Crippen LogP contribution in [0, 0.1) is 16.7 Å². The van der Waals surface area contributed by atoms with Crippen LogP contribution in [0.25, 0.3) is 0 Å². The molecule has 62 heavy (non-hydrogen) atoms. The maximum Gasteiger partial charge on any atom is 0.408 e. The fourth-order valence-corrected chi connectivity index (χ4v) is 10.8. The van der Waals surface area contributed by atoms with Gasteiger partial charge in [0.05, 0.1) is 35.0 Å². The number of hydrogen-bond donors (Lipinski definition) is 4. The zero-order valence-electron chi connectivity index (χ0n) is 35.8. The first-order chi connectivity index (χ1) is 29.0. The Balaban J connectivity index is 1.36. The van der Waals surface area contributed by atoms with Crippen LogP contribution in [0.3, 0.4) is 0 Å². The van der Waals surface area contributed by atoms with Crippen LogP contribution in [0.2, 0.25) is 0 Å². The van der Waals surface area contributed by atoms with Crippen LogP contribution in [0.15, 0.2) is 71.8 Å². The summed E-state index contributed by atoms with van der Waals surface area (Å²) >= 11 is 0. The summed E-state index contributed by atoms with van der Waals surface area (Å²) in [6.45, 7) is 9.58. The molecule has 1 saturated heterocycles. The van der Waals surface area contributed by atoms with Gasteiger partial charge in [0.2, 0.25) is 0 Å². The molecular formula is C45H53NO16. The number of aliphatic hydroxyl groups is 3. The molecule has 4 N–H and O–H groups in total. The minimum atomic E-state index is -2.33. The summed E-state index contributed by atoms with van der Waals surface area (Å²) < 4.78 is 40.9. The first-order valence-corrected chi connectivity index (χ1v) is 20.4. The maximum atomic E-state index is 15.3. The molecule has 2 aromatic carbocycles. The van der Waals surface area contributed by atoms with E-state index in [1.54, 1.807) is 69.3 Å². The van der Waals surface area contributed by atoms with Crippen molar-refractivity contribution in [1.82, 2.24) is 5.32 Å². The van der Waals surface area contributed by atoms with Crippen LogP contribution in [0.4, 0.5) is 4.79 Å². The van der Waals surface area contributed by atoms with Gasteiger partial charge in [0.25, 0.3) is 0 Å². The molecule has 5 aliphatic rings. The minimum Gasteiger partial charge on any atom is -0.459 e. The van der Waals surface area contributed by atoms with Crippen LogP contribution < -0.4 is 5.32 Å². The predicted molar refractivity (Wildman–Crippen MR) is 213 cm³/mol. The number of fused-ring (bicyclic) bond motifs is 3. The van der Waals surface area contributed by atoms with Crippen molar-refractivity contribution in [3.8, 4) is 0 Å². The first-order valence-electron chi connectivity index (χ1n) is 20.4. The van der Waals surface area contributed by atoms with E-state index in [0.29, 0.717) is 5.56 Å². The topological polar surface area (TPSA) is 240 Å². The lowest BCUT2D eigenvalue weighted by atomic mass is 9.30. The van der Waals surface area contributed by atoms with Gasteiger partial charge in [-0.15, -0.1) is 0 Å². The molecule has 0 bridgehead atoms. The van der Waals surface area contributed by atoms with Gasteiger partial charge in [-0.3, -0.25) is 9.59 Å². The third kappa shape index (κ3) is 6.62. The fourth-order valence-electron chi connectivity index (χ4n) is 10.8. The molecule has 4 fully saturated rings. The Morgan fingerprint density at radius 3 is 2.16 bits per heavy atom. The van der Waals surface area contributed by atoms with Crippen LogP contribution in [-0.4, -0.2) is 124 Å². The smallest absolute Gasteiger partial charge is 0.408 e. The summed E-state index contributed by atoms with van der Waals surface area (Å²) in [5.74, 6) is -6.34. The van der Waals surface area contributed by atoms with E-state index < -0.39 is 124 Å². The third-order valence-electron chi connectivity index (χ3n) is 13.7. The number of benzene rings is 2. The number of methoxy groups -OCH3 is 1. The van der Waals surface area contributed by atoms with Crippen LogP contribution in [0.5, 0.6) is 0 Å². The molecule has 0 aromatic heterocycles. The number of ketones is 1. The molecular weight excluding hydrogens is 810 g/mol. The van der Waals surface area contributed by atoms with Crippen molar-refractivity contribution in [2.75, 3.05) is 20.3 Å². The number of amides is 1. The summed E-state index contributed by atoms with van der Waals surface area (Å²) in [6.07, 6.45) is -10.0. The molecule has 2 aromatic rings. The highest BCUT2D eigenvalue weighted by Gasteiger charge is 2.89. The molecule has 334 valence electrons. The number of Topliss-reactive ketones (excluding diaryl/α,β-unsaturated/α-hetero) is 1. The second-order valence-corrected chi connectivity index (χ2v) is 18.2. The van der Waals surface area contributed by atoms with Crippen LogP contribution in [0.1, 0.15) is 83.3 Å². The van der Waals surface area contributed by atoms with Crippen molar-refractivity contribution in [2.24, 2.45) is 16.7 Å². The molecule has 4 aliphatic carbocycles. The Morgan fingerprint density at radius 1 is 0.968 bits per heavy atom. The molecule has 1 amide bonds. The zero-order valence-corrected chi connectivity index (χ0v) is 35.8. The monoisotopic (exact) mass is 863 g/mol. The Labute approximate surface area is 358 Å². The van der Waals surface area contributed by atoms with Crippen molar-refractivity contribution in [3.05, 3.63) is 82.9 Å². The lowest BCUT2D eigenvalue weighted by molar-refractivity contribution is -0.376. The van der Waals surface area contributed by atoms with Crippen LogP contribution >= 0.6 is 0 Å². The Morgan fingerprint density at radius 2 is 1.60 bits per heavy atom. The summed E-state index contributed by atoms with van der Waals surface area (Å²) in [4.78, 5) is 83.0. The number of nitrogens with one attached hydrogen (secondary N) is 1. The van der Waals surface area contributed by atoms with Crippen molar-refractivity contribution in [3.63, 3.8) is 0 Å². The molecule has 3 saturated carbocycles. The Hall–Kier alpha value is -5.20. The van der Waals surface area contributed by atoms with Crippen molar-refractivity contribution < 1.29 is 77.2 Å². The van der Waals surface area contributed by atoms with Gasteiger partial charge in [-0.1, -0.05) is 48.5 Å². The van der Waals surface area contributed by atoms with Gasteiger partial charge in [-0.25, -0.2) is 19.2 Å². The van der Waals surface area contributed by atoms with E-state index in [0.717, 1.165) is 6.92 Å². The number of rotatable bonds is 11. The first kappa shape index (κ1) is 44.8. The molecule has 1 heterocycles. The molecule has 17 nitrogen and oxygen atoms in total. The van der Waals surface area contributed by atoms with Gasteiger partial charge in [-0.05, 0) is 70.4 Å². The standard InChI is InChI=1S/C45H53NO16/c1-23-30-32(49)35(51)41(6)27(58-29(48)20-56-8)19-28-43(22-57-28,60-24(2)47)34(41)36(59-37(52)26-17-13-10-14-18-26)44(55)21-45(23,42(30,44)7)61-38(53)33(50)31(25-15-11-9-12-16-25)46-39(54)62-40(3,4)5/h9-18,27-28,31-34,36,49-50,55H,19-22H2,1-8H3,(H,46,54)/t27-,28+,31-,32+,33+,34?,36-,41+,42+,43-,44+,45+/m0/s1. The lowest BCUT2D eigenvalue weighted by Gasteiger charge is -2.78. The third-order valence-corrected chi connectivity index (χ3v) is 13.7. The van der Waals surface area contributed by atoms with Gasteiger partial charge < -0.3 is 53.8 Å². The zero-order chi connectivity index (χ0) is 45.4. The summed E-state index contributed by atoms with van der Waals surface area (Å²) in [7, 11) is 1.27. The number of ether oxygens (including phenoxy) is 7. The van der Waals surface area contributed by atoms with E-state index in [-0.39, 0.29) is 29.7 Å². The maximum absolute atomic E-state index is 15.3. The quantitative estimate of drug-likeness (QED) is 0.144. The number of hydrogen-bond acceptors (Lipinski definition) is 16. The molecule has 17 heteroatoms. The van der Waals surface area contributed by atoms with E-state index in [1.807, 2.05) is 0 Å². The van der Waals surface area contributed by atoms with Crippen molar-refractivity contribution >= 4 is 35.8 Å². The van der Waals surface area contributed by atoms with Crippen molar-refractivity contribution in [1.29, 1.82) is 0 Å². The van der Waals surface area contributed by atoms with E-state index in [4.69, 9.17) is 33.2 Å². The minimum absolute atomic E-state index is 0.0547. The van der Waals surface area contributed by atoms with Gasteiger partial charge >= 0.3 is 30.0 Å². The predicted octanol–water partition coefficient (Wildman–Crippen LogP) is 2.82. The molecule has 1 aliphatic heterocycles. The van der Waals surface area contributed by atoms with E-state index >= 15 is 4.79 Å². The molecule has 7 rings (SSSR count). The normalized spacial score (nSPS) is 35.2. The number of carbonyl (C=O) groups excluding carboxylic acids is 6. The fraction of sp³-hybridized carbons (Fsp3) is 0.556. The van der Waals surface area contributed by atoms with Crippen LogP contribution in [-0.2, 0) is 52.3 Å². The second-order valence-electron chi connectivity index (χ2n) is 18.2. The number of aliphatic hydroxyl groups excluding tert-OH is 2. The van der Waals surface area contributed by atoms with E-state index in [2.05, 4.69) is 5.32 Å². The summed E-state index contributed by atoms with van der Waals surface area (Å²) in [5, 5.41) is 40.0.